The summed E-state index contributed by atoms with van der Waals surface area (Å²) in [5.41, 5.74) is 0.117. The number of benzene rings is 2. The van der Waals surface area contributed by atoms with Gasteiger partial charge in [0.2, 0.25) is 6.10 Å². The van der Waals surface area contributed by atoms with Crippen LogP contribution in [0.1, 0.15) is 27.8 Å². The van der Waals surface area contributed by atoms with Gasteiger partial charge in [0.05, 0.1) is 17.1 Å². The average molecular weight is 440 g/mol. The van der Waals surface area contributed by atoms with E-state index in [1.165, 1.54) is 18.2 Å². The predicted molar refractivity (Wildman–Crippen MR) is 113 cm³/mol. The molecule has 0 saturated heterocycles. The number of nitrogens with zero attached hydrogens (tertiary/aromatic N) is 2. The molecular weight excluding hydrogens is 420 g/mol. The number of nitro groups is 1. The van der Waals surface area contributed by atoms with Gasteiger partial charge in [0.15, 0.2) is 5.82 Å². The van der Waals surface area contributed by atoms with Crippen LogP contribution in [0.5, 0.6) is 0 Å². The van der Waals surface area contributed by atoms with Crippen LogP contribution in [0.4, 0.5) is 17.2 Å². The van der Waals surface area contributed by atoms with Gasteiger partial charge in [-0.2, -0.15) is 0 Å². The fourth-order valence-corrected chi connectivity index (χ4v) is 2.85. The van der Waals surface area contributed by atoms with Crippen molar-refractivity contribution in [2.45, 2.75) is 13.0 Å². The monoisotopic (exact) mass is 440 g/mol. The highest BCUT2D eigenvalue weighted by Crippen LogP contribution is 2.27. The van der Waals surface area contributed by atoms with Crippen LogP contribution in [-0.4, -0.2) is 40.2 Å². The zero-order chi connectivity index (χ0) is 23.1. The highest BCUT2D eigenvalue weighted by molar-refractivity contribution is 6.00. The van der Waals surface area contributed by atoms with Gasteiger partial charge in [-0.3, -0.25) is 14.9 Å². The minimum absolute atomic E-state index is 0.103. The number of amides is 1. The van der Waals surface area contributed by atoms with Gasteiger partial charge in [-0.05, 0) is 13.0 Å². The number of carbonyl (C=O) groups excluding carboxylic acids is 2. The Kier molecular flexibility index (Phi) is 7.13. The maximum atomic E-state index is 13.0. The number of nitrogens with one attached hydrogen (secondary N) is 2. The Morgan fingerprint density at radius 2 is 1.97 bits per heavy atom. The van der Waals surface area contributed by atoms with Crippen LogP contribution in [0.2, 0.25) is 0 Å². The fraction of sp³-hybridized carbons (Fsp3) is 0.190. The average Bonchev–Trinajstić information content (AvgIpc) is 3.20. The number of aliphatic hydroxyl groups is 1. The number of nitro benzene ring substituents is 1. The van der Waals surface area contributed by atoms with E-state index in [0.29, 0.717) is 11.3 Å². The summed E-state index contributed by atoms with van der Waals surface area (Å²) in [6, 6.07) is 13.4. The molecule has 11 nitrogen and oxygen atoms in total. The summed E-state index contributed by atoms with van der Waals surface area (Å²) >= 11 is 0. The highest BCUT2D eigenvalue weighted by atomic mass is 16.6. The Bertz CT molecular complexity index is 1110. The largest absolute Gasteiger partial charge is 0.444 e. The number of hydrogen-bond acceptors (Lipinski definition) is 9. The van der Waals surface area contributed by atoms with Gasteiger partial charge in [0.1, 0.15) is 5.76 Å². The first-order valence-electron chi connectivity index (χ1n) is 9.52. The van der Waals surface area contributed by atoms with Crippen LogP contribution in [0.25, 0.3) is 0 Å². The van der Waals surface area contributed by atoms with E-state index in [0.717, 1.165) is 6.07 Å². The third-order valence-electron chi connectivity index (χ3n) is 4.31. The maximum Gasteiger partial charge on any atom is 0.341 e. The number of anilines is 2. The number of hydrogen-bond donors (Lipinski definition) is 3. The molecule has 0 saturated carbocycles. The molecule has 1 atom stereocenters. The van der Waals surface area contributed by atoms with E-state index < -0.39 is 22.9 Å². The molecule has 1 unspecified atom stereocenters. The lowest BCUT2D eigenvalue weighted by molar-refractivity contribution is -0.384. The Labute approximate surface area is 182 Å². The van der Waals surface area contributed by atoms with Crippen LogP contribution >= 0.6 is 0 Å². The molecule has 32 heavy (non-hydrogen) atoms. The quantitative estimate of drug-likeness (QED) is 0.258. The summed E-state index contributed by atoms with van der Waals surface area (Å²) in [5, 5.41) is 29.2. The molecule has 0 bridgehead atoms. The summed E-state index contributed by atoms with van der Waals surface area (Å²) in [5.74, 6) is -1.03. The normalized spacial score (nSPS) is 11.4. The lowest BCUT2D eigenvalue weighted by Crippen LogP contribution is -2.26. The Morgan fingerprint density at radius 1 is 1.22 bits per heavy atom. The van der Waals surface area contributed by atoms with Crippen molar-refractivity contribution in [3.8, 4) is 0 Å². The van der Waals surface area contributed by atoms with Crippen molar-refractivity contribution < 1.29 is 28.9 Å². The molecule has 0 radical (unpaired) electrons. The molecule has 3 rings (SSSR count). The summed E-state index contributed by atoms with van der Waals surface area (Å²) in [6.45, 7) is 1.53. The summed E-state index contributed by atoms with van der Waals surface area (Å²) < 4.78 is 10.4. The molecule has 0 fully saturated rings. The van der Waals surface area contributed by atoms with Crippen molar-refractivity contribution in [3.63, 3.8) is 0 Å². The third-order valence-corrected chi connectivity index (χ3v) is 4.31. The number of esters is 1. The van der Waals surface area contributed by atoms with E-state index in [9.17, 15) is 19.7 Å². The third kappa shape index (κ3) is 5.46. The number of ether oxygens (including phenoxy) is 1. The SMILES string of the molecule is Cc1cc(NC(=O)C(OC(=O)c2cc([N+](=O)[O-])ccc2NCCO)c2ccccc2)no1. The van der Waals surface area contributed by atoms with Crippen molar-refractivity contribution in [1.82, 2.24) is 5.16 Å². The Balaban J connectivity index is 1.91. The zero-order valence-corrected chi connectivity index (χ0v) is 17.0. The summed E-state index contributed by atoms with van der Waals surface area (Å²) in [6.07, 6.45) is -1.37. The van der Waals surface area contributed by atoms with E-state index in [4.69, 9.17) is 14.4 Å². The molecule has 11 heteroatoms. The van der Waals surface area contributed by atoms with Crippen molar-refractivity contribution in [3.05, 3.63) is 81.6 Å². The topological polar surface area (TPSA) is 157 Å². The van der Waals surface area contributed by atoms with E-state index in [2.05, 4.69) is 15.8 Å². The molecule has 1 heterocycles. The van der Waals surface area contributed by atoms with Crippen LogP contribution in [-0.2, 0) is 9.53 Å². The van der Waals surface area contributed by atoms with Crippen LogP contribution in [0, 0.1) is 17.0 Å². The lowest BCUT2D eigenvalue weighted by Gasteiger charge is -2.18. The number of rotatable bonds is 9. The molecule has 0 spiro atoms. The van der Waals surface area contributed by atoms with Gasteiger partial charge in [0.25, 0.3) is 11.6 Å². The van der Waals surface area contributed by atoms with E-state index >= 15 is 0 Å². The fourth-order valence-electron chi connectivity index (χ4n) is 2.85. The van der Waals surface area contributed by atoms with E-state index in [1.54, 1.807) is 37.3 Å². The second-order valence-electron chi connectivity index (χ2n) is 6.65. The molecule has 3 N–H and O–H groups in total. The molecule has 0 aliphatic heterocycles. The minimum Gasteiger partial charge on any atom is -0.444 e. The lowest BCUT2D eigenvalue weighted by atomic mass is 10.1. The van der Waals surface area contributed by atoms with Gasteiger partial charge < -0.3 is 25.0 Å². The van der Waals surface area contributed by atoms with Crippen molar-refractivity contribution in [1.29, 1.82) is 0 Å². The van der Waals surface area contributed by atoms with E-state index in [-0.39, 0.29) is 35.9 Å². The molecular formula is C21H20N4O7. The number of carbonyl (C=O) groups is 2. The van der Waals surface area contributed by atoms with Crippen LogP contribution in [0.15, 0.2) is 59.1 Å². The van der Waals surface area contributed by atoms with Crippen molar-refractivity contribution in [2.24, 2.45) is 0 Å². The summed E-state index contributed by atoms with van der Waals surface area (Å²) in [7, 11) is 0. The second-order valence-corrected chi connectivity index (χ2v) is 6.65. The second kappa shape index (κ2) is 10.2. The Morgan fingerprint density at radius 3 is 2.59 bits per heavy atom. The van der Waals surface area contributed by atoms with Gasteiger partial charge >= 0.3 is 5.97 Å². The highest BCUT2D eigenvalue weighted by Gasteiger charge is 2.28. The summed E-state index contributed by atoms with van der Waals surface area (Å²) in [4.78, 5) is 36.4. The van der Waals surface area contributed by atoms with Crippen LogP contribution in [0.3, 0.4) is 0 Å². The molecule has 166 valence electrons. The van der Waals surface area contributed by atoms with E-state index in [1.807, 2.05) is 0 Å². The molecule has 1 amide bonds. The molecule has 2 aromatic carbocycles. The zero-order valence-electron chi connectivity index (χ0n) is 17.0. The van der Waals surface area contributed by atoms with Crippen LogP contribution < -0.4 is 10.6 Å². The smallest absolute Gasteiger partial charge is 0.341 e. The molecule has 3 aromatic rings. The number of aryl methyl sites for hydroxylation is 1. The first-order valence-corrected chi connectivity index (χ1v) is 9.52. The predicted octanol–water partition coefficient (Wildman–Crippen LogP) is 2.83. The maximum absolute atomic E-state index is 13.0. The number of aliphatic hydroxyl groups excluding tert-OH is 1. The number of aromatic nitrogens is 1. The number of non-ortho nitro benzene ring substituents is 1. The van der Waals surface area contributed by atoms with Crippen molar-refractivity contribution in [2.75, 3.05) is 23.8 Å². The molecule has 0 aliphatic carbocycles. The minimum atomic E-state index is -1.37. The standard InChI is InChI=1S/C21H20N4O7/c1-13-11-18(24-32-13)23-20(27)19(14-5-3-2-4-6-14)31-21(28)16-12-15(25(29)30)7-8-17(16)22-9-10-26/h2-8,11-12,19,22,26H,9-10H2,1H3,(H,23,24,27). The first-order chi connectivity index (χ1) is 15.4. The Hall–Kier alpha value is -4.25. The van der Waals surface area contributed by atoms with Crippen molar-refractivity contribution >= 4 is 29.1 Å². The first kappa shape index (κ1) is 22.4. The molecule has 1 aromatic heterocycles. The molecule has 0 aliphatic rings. The van der Waals surface area contributed by atoms with Gasteiger partial charge in [0, 0.05) is 36.0 Å². The van der Waals surface area contributed by atoms with Gasteiger partial charge in [-0.1, -0.05) is 35.5 Å². The van der Waals surface area contributed by atoms with Gasteiger partial charge in [-0.15, -0.1) is 0 Å². The van der Waals surface area contributed by atoms with Gasteiger partial charge in [-0.25, -0.2) is 4.79 Å².